The molecule has 1 heterocycles. The summed E-state index contributed by atoms with van der Waals surface area (Å²) in [4.78, 5) is 18.1. The number of carbonyl (C=O) groups excluding carboxylic acids is 1. The number of pyridine rings is 1. The van der Waals surface area contributed by atoms with E-state index in [-0.39, 0.29) is 18.6 Å². The van der Waals surface area contributed by atoms with Crippen molar-refractivity contribution in [2.45, 2.75) is 41.6 Å². The van der Waals surface area contributed by atoms with Crippen LogP contribution in [0.5, 0.6) is 0 Å². The van der Waals surface area contributed by atoms with Crippen molar-refractivity contribution in [2.24, 2.45) is 5.92 Å². The van der Waals surface area contributed by atoms with Crippen LogP contribution in [-0.2, 0) is 0 Å². The minimum Gasteiger partial charge on any atom is -0.396 e. The van der Waals surface area contributed by atoms with E-state index in [1.54, 1.807) is 12.3 Å². The van der Waals surface area contributed by atoms with Gasteiger partial charge in [0.05, 0.1) is 5.56 Å². The third-order valence-electron chi connectivity index (χ3n) is 4.41. The van der Waals surface area contributed by atoms with Crippen molar-refractivity contribution in [1.82, 2.24) is 10.3 Å². The average Bonchev–Trinajstić information content (AvgIpc) is 2.63. The number of hydrogen-bond acceptors (Lipinski definition) is 4. The molecule has 0 aliphatic heterocycles. The molecular weight excluding hydrogens is 320 g/mol. The van der Waals surface area contributed by atoms with Gasteiger partial charge in [-0.1, -0.05) is 30.0 Å². The summed E-state index contributed by atoms with van der Waals surface area (Å²) in [6, 6.07) is 13.8. The van der Waals surface area contributed by atoms with Crippen molar-refractivity contribution in [1.29, 1.82) is 0 Å². The number of aromatic nitrogens is 1. The van der Waals surface area contributed by atoms with Crippen LogP contribution in [0.15, 0.2) is 58.6 Å². The number of amides is 1. The topological polar surface area (TPSA) is 62.2 Å². The molecule has 24 heavy (non-hydrogen) atoms. The molecule has 1 aromatic heterocycles. The Bertz CT molecular complexity index is 670. The molecule has 1 saturated carbocycles. The van der Waals surface area contributed by atoms with Crippen LogP contribution in [0.4, 0.5) is 0 Å². The first-order valence-electron chi connectivity index (χ1n) is 8.36. The smallest absolute Gasteiger partial charge is 0.254 e. The van der Waals surface area contributed by atoms with E-state index in [4.69, 9.17) is 0 Å². The van der Waals surface area contributed by atoms with Crippen molar-refractivity contribution in [3.8, 4) is 0 Å². The van der Waals surface area contributed by atoms with Crippen molar-refractivity contribution in [2.75, 3.05) is 6.61 Å². The van der Waals surface area contributed by atoms with Gasteiger partial charge in [-0.2, -0.15) is 0 Å². The lowest BCUT2D eigenvalue weighted by Gasteiger charge is -2.28. The van der Waals surface area contributed by atoms with Crippen LogP contribution in [0.2, 0.25) is 0 Å². The molecule has 5 heteroatoms. The monoisotopic (exact) mass is 342 g/mol. The summed E-state index contributed by atoms with van der Waals surface area (Å²) in [5.41, 5.74) is 0.621. The summed E-state index contributed by atoms with van der Waals surface area (Å²) in [6.07, 6.45) is 5.52. The van der Waals surface area contributed by atoms with E-state index < -0.39 is 0 Å². The summed E-state index contributed by atoms with van der Waals surface area (Å²) in [6.45, 7) is 0.251. The SMILES string of the molecule is O=C(NC1CCC(CO)CC1)c1cccnc1Sc1ccccc1. The molecule has 1 aliphatic rings. The highest BCUT2D eigenvalue weighted by molar-refractivity contribution is 7.99. The Morgan fingerprint density at radius 3 is 2.58 bits per heavy atom. The summed E-state index contributed by atoms with van der Waals surface area (Å²) in [7, 11) is 0. The number of carbonyl (C=O) groups is 1. The minimum absolute atomic E-state index is 0.0611. The lowest BCUT2D eigenvalue weighted by Crippen LogP contribution is -2.38. The van der Waals surface area contributed by atoms with E-state index in [0.29, 0.717) is 11.5 Å². The first-order valence-corrected chi connectivity index (χ1v) is 9.17. The Morgan fingerprint density at radius 2 is 1.88 bits per heavy atom. The standard InChI is InChI=1S/C19H22N2O2S/c22-13-14-8-10-15(11-9-14)21-18(23)17-7-4-12-20-19(17)24-16-5-2-1-3-6-16/h1-7,12,14-15,22H,8-11,13H2,(H,21,23). The molecule has 0 radical (unpaired) electrons. The lowest BCUT2D eigenvalue weighted by molar-refractivity contribution is 0.0910. The first-order chi connectivity index (χ1) is 11.8. The largest absolute Gasteiger partial charge is 0.396 e. The summed E-state index contributed by atoms with van der Waals surface area (Å²) >= 11 is 1.50. The van der Waals surface area contributed by atoms with Gasteiger partial charge in [-0.15, -0.1) is 0 Å². The van der Waals surface area contributed by atoms with Crippen LogP contribution in [0.1, 0.15) is 36.0 Å². The molecule has 2 N–H and O–H groups in total. The van der Waals surface area contributed by atoms with Crippen LogP contribution < -0.4 is 5.32 Å². The predicted octanol–water partition coefficient (Wildman–Crippen LogP) is 3.51. The molecule has 1 amide bonds. The maximum atomic E-state index is 12.7. The molecule has 1 aromatic carbocycles. The minimum atomic E-state index is -0.0611. The van der Waals surface area contributed by atoms with Gasteiger partial charge in [0, 0.05) is 23.7 Å². The van der Waals surface area contributed by atoms with Crippen molar-refractivity contribution >= 4 is 17.7 Å². The Kier molecular flexibility index (Phi) is 5.88. The highest BCUT2D eigenvalue weighted by atomic mass is 32.2. The van der Waals surface area contributed by atoms with E-state index in [9.17, 15) is 9.90 Å². The number of nitrogens with one attached hydrogen (secondary N) is 1. The predicted molar refractivity (Wildman–Crippen MR) is 95.1 cm³/mol. The molecule has 0 atom stereocenters. The van der Waals surface area contributed by atoms with Gasteiger partial charge in [0.25, 0.3) is 5.91 Å². The lowest BCUT2D eigenvalue weighted by atomic mass is 9.86. The second-order valence-electron chi connectivity index (χ2n) is 6.14. The molecule has 3 rings (SSSR count). The van der Waals surface area contributed by atoms with E-state index >= 15 is 0 Å². The Morgan fingerprint density at radius 1 is 1.12 bits per heavy atom. The Labute approximate surface area is 146 Å². The maximum absolute atomic E-state index is 12.7. The zero-order valence-corrected chi connectivity index (χ0v) is 14.3. The van der Waals surface area contributed by atoms with Gasteiger partial charge in [0.2, 0.25) is 0 Å². The number of nitrogens with zero attached hydrogens (tertiary/aromatic N) is 1. The second-order valence-corrected chi connectivity index (χ2v) is 7.21. The highest BCUT2D eigenvalue weighted by Crippen LogP contribution is 2.29. The Hall–Kier alpha value is -1.85. The fourth-order valence-corrected chi connectivity index (χ4v) is 3.90. The van der Waals surface area contributed by atoms with Crippen molar-refractivity contribution in [3.63, 3.8) is 0 Å². The fourth-order valence-electron chi connectivity index (χ4n) is 3.00. The normalized spacial score (nSPS) is 20.5. The summed E-state index contributed by atoms with van der Waals surface area (Å²) in [5.74, 6) is 0.328. The van der Waals surface area contributed by atoms with Gasteiger partial charge < -0.3 is 10.4 Å². The van der Waals surface area contributed by atoms with Crippen molar-refractivity contribution in [3.05, 3.63) is 54.2 Å². The molecule has 2 aromatic rings. The van der Waals surface area contributed by atoms with E-state index in [0.717, 1.165) is 35.6 Å². The van der Waals surface area contributed by atoms with Gasteiger partial charge in [-0.3, -0.25) is 4.79 Å². The van der Waals surface area contributed by atoms with Crippen LogP contribution >= 0.6 is 11.8 Å². The number of rotatable bonds is 5. The van der Waals surface area contributed by atoms with Gasteiger partial charge in [-0.05, 0) is 55.9 Å². The van der Waals surface area contributed by atoms with Gasteiger partial charge in [0.15, 0.2) is 0 Å². The second kappa shape index (κ2) is 8.31. The zero-order valence-electron chi connectivity index (χ0n) is 13.5. The van der Waals surface area contributed by atoms with E-state index in [2.05, 4.69) is 10.3 Å². The third kappa shape index (κ3) is 4.36. The van der Waals surface area contributed by atoms with Crippen LogP contribution in [0, 0.1) is 5.92 Å². The van der Waals surface area contributed by atoms with E-state index in [1.807, 2.05) is 36.4 Å². The third-order valence-corrected chi connectivity index (χ3v) is 5.44. The molecule has 1 fully saturated rings. The van der Waals surface area contributed by atoms with Gasteiger partial charge >= 0.3 is 0 Å². The quantitative estimate of drug-likeness (QED) is 0.873. The molecule has 0 spiro atoms. The molecule has 0 saturated heterocycles. The van der Waals surface area contributed by atoms with Gasteiger partial charge in [-0.25, -0.2) is 4.98 Å². The number of aliphatic hydroxyl groups excluding tert-OH is 1. The van der Waals surface area contributed by atoms with Crippen molar-refractivity contribution < 1.29 is 9.90 Å². The number of aliphatic hydroxyl groups is 1. The first kappa shape index (κ1) is 17.0. The molecular formula is C19H22N2O2S. The Balaban J connectivity index is 1.67. The highest BCUT2D eigenvalue weighted by Gasteiger charge is 2.23. The number of benzene rings is 1. The zero-order chi connectivity index (χ0) is 16.8. The average molecular weight is 342 g/mol. The molecule has 0 bridgehead atoms. The summed E-state index contributed by atoms with van der Waals surface area (Å²) < 4.78 is 0. The van der Waals surface area contributed by atoms with Gasteiger partial charge in [0.1, 0.15) is 5.03 Å². The summed E-state index contributed by atoms with van der Waals surface area (Å²) in [5, 5.41) is 13.1. The number of hydrogen-bond donors (Lipinski definition) is 2. The molecule has 4 nitrogen and oxygen atoms in total. The fraction of sp³-hybridized carbons (Fsp3) is 0.368. The molecule has 0 unspecified atom stereocenters. The van der Waals surface area contributed by atoms with Crippen LogP contribution in [0.25, 0.3) is 0 Å². The maximum Gasteiger partial charge on any atom is 0.254 e. The molecule has 126 valence electrons. The molecule has 1 aliphatic carbocycles. The van der Waals surface area contributed by atoms with E-state index in [1.165, 1.54) is 11.8 Å². The van der Waals surface area contributed by atoms with Crippen LogP contribution in [0.3, 0.4) is 0 Å². The van der Waals surface area contributed by atoms with Crippen LogP contribution in [-0.4, -0.2) is 28.6 Å².